The lowest BCUT2D eigenvalue weighted by Gasteiger charge is -2.06. The number of carbonyl (C=O) groups is 1. The van der Waals surface area contributed by atoms with Crippen LogP contribution in [0.5, 0.6) is 5.75 Å². The van der Waals surface area contributed by atoms with Gasteiger partial charge in [0, 0.05) is 23.6 Å². The van der Waals surface area contributed by atoms with Crippen molar-refractivity contribution < 1.29 is 9.53 Å². The summed E-state index contributed by atoms with van der Waals surface area (Å²) in [5.41, 5.74) is 2.21. The summed E-state index contributed by atoms with van der Waals surface area (Å²) in [5.74, 6) is 0.601. The molecule has 0 bridgehead atoms. The molecule has 0 spiro atoms. The molecule has 4 aromatic rings. The molecule has 5 nitrogen and oxygen atoms in total. The topological polar surface area (TPSA) is 56.1 Å². The minimum absolute atomic E-state index is 0.150. The normalized spacial score (nSPS) is 10.8. The summed E-state index contributed by atoms with van der Waals surface area (Å²) in [6.07, 6.45) is 3.91. The van der Waals surface area contributed by atoms with Gasteiger partial charge in [-0.05, 0) is 54.6 Å². The predicted octanol–water partition coefficient (Wildman–Crippen LogP) is 4.35. The Balaban J connectivity index is 1.58. The Morgan fingerprint density at radius 1 is 1.12 bits per heavy atom. The van der Waals surface area contributed by atoms with E-state index in [1.54, 1.807) is 24.5 Å². The lowest BCUT2D eigenvalue weighted by molar-refractivity contribution is 0.102. The molecule has 2 aromatic carbocycles. The quantitative estimate of drug-likeness (QED) is 0.596. The van der Waals surface area contributed by atoms with E-state index >= 15 is 0 Å². The molecule has 0 aliphatic rings. The van der Waals surface area contributed by atoms with E-state index in [1.165, 1.54) is 0 Å². The van der Waals surface area contributed by atoms with E-state index in [4.69, 9.17) is 4.74 Å². The first kappa shape index (κ1) is 15.4. The average molecular weight is 349 g/mol. The number of rotatable bonds is 4. The van der Waals surface area contributed by atoms with Crippen LogP contribution in [0.2, 0.25) is 0 Å². The van der Waals surface area contributed by atoms with Crippen LogP contribution in [0, 0.1) is 0 Å². The molecular weight excluding hydrogens is 334 g/mol. The molecule has 0 unspecified atom stereocenters. The van der Waals surface area contributed by atoms with E-state index in [-0.39, 0.29) is 5.91 Å². The first-order chi connectivity index (χ1) is 12.2. The van der Waals surface area contributed by atoms with Crippen molar-refractivity contribution in [3.63, 3.8) is 0 Å². The van der Waals surface area contributed by atoms with Crippen molar-refractivity contribution in [3.8, 4) is 10.9 Å². The van der Waals surface area contributed by atoms with Gasteiger partial charge in [-0.15, -0.1) is 0 Å². The van der Waals surface area contributed by atoms with Gasteiger partial charge < -0.3 is 14.6 Å². The van der Waals surface area contributed by atoms with Gasteiger partial charge in [0.05, 0.1) is 17.3 Å². The monoisotopic (exact) mass is 349 g/mol. The molecule has 0 aliphatic carbocycles. The molecular formula is C19H15N3O2S. The van der Waals surface area contributed by atoms with E-state index in [2.05, 4.69) is 10.3 Å². The molecule has 2 aromatic heterocycles. The Morgan fingerprint density at radius 3 is 2.60 bits per heavy atom. The van der Waals surface area contributed by atoms with Gasteiger partial charge >= 0.3 is 0 Å². The van der Waals surface area contributed by atoms with Crippen LogP contribution in [0.1, 0.15) is 10.4 Å². The Hall–Kier alpha value is -3.12. The molecule has 1 N–H and O–H groups in total. The minimum Gasteiger partial charge on any atom is -0.497 e. The van der Waals surface area contributed by atoms with E-state index < -0.39 is 0 Å². The van der Waals surface area contributed by atoms with Gasteiger partial charge in [0.15, 0.2) is 5.13 Å². The van der Waals surface area contributed by atoms with Crippen molar-refractivity contribution in [1.29, 1.82) is 0 Å². The van der Waals surface area contributed by atoms with Crippen LogP contribution in [0.15, 0.2) is 67.0 Å². The van der Waals surface area contributed by atoms with Crippen LogP contribution in [-0.2, 0) is 0 Å². The molecule has 0 saturated carbocycles. The van der Waals surface area contributed by atoms with Gasteiger partial charge in [0.2, 0.25) is 0 Å². The maximum atomic E-state index is 12.5. The molecule has 25 heavy (non-hydrogen) atoms. The number of fused-ring (bicyclic) bond motifs is 1. The molecule has 0 saturated heterocycles. The largest absolute Gasteiger partial charge is 0.497 e. The van der Waals surface area contributed by atoms with Gasteiger partial charge in [0.25, 0.3) is 5.91 Å². The number of hydrogen-bond donors (Lipinski definition) is 1. The zero-order valence-corrected chi connectivity index (χ0v) is 14.3. The molecule has 0 aliphatic heterocycles. The fourth-order valence-corrected chi connectivity index (χ4v) is 3.48. The highest BCUT2D eigenvalue weighted by Gasteiger charge is 2.10. The van der Waals surface area contributed by atoms with Crippen molar-refractivity contribution in [2.24, 2.45) is 0 Å². The zero-order valence-electron chi connectivity index (χ0n) is 13.5. The molecule has 0 fully saturated rings. The van der Waals surface area contributed by atoms with Crippen molar-refractivity contribution >= 4 is 33.1 Å². The number of amides is 1. The molecule has 0 radical (unpaired) electrons. The standard InChI is InChI=1S/C19H15N3O2S/c1-24-15-7-5-14(6-8-15)20-18(23)13-4-9-16-17(12-13)25-19(21-16)22-10-2-3-11-22/h2-12H,1H3,(H,20,23). The Morgan fingerprint density at radius 2 is 1.88 bits per heavy atom. The summed E-state index contributed by atoms with van der Waals surface area (Å²) < 4.78 is 8.06. The van der Waals surface area contributed by atoms with Gasteiger partial charge in [-0.1, -0.05) is 11.3 Å². The summed E-state index contributed by atoms with van der Waals surface area (Å²) in [6.45, 7) is 0. The number of methoxy groups -OCH3 is 1. The fourth-order valence-electron chi connectivity index (χ4n) is 2.50. The summed E-state index contributed by atoms with van der Waals surface area (Å²) in [7, 11) is 1.61. The molecule has 124 valence electrons. The van der Waals surface area contributed by atoms with Crippen LogP contribution in [-0.4, -0.2) is 22.6 Å². The van der Waals surface area contributed by atoms with E-state index in [9.17, 15) is 4.79 Å². The highest BCUT2D eigenvalue weighted by molar-refractivity contribution is 7.20. The summed E-state index contributed by atoms with van der Waals surface area (Å²) in [5, 5.41) is 3.78. The Labute approximate surface area is 148 Å². The molecule has 4 rings (SSSR count). The summed E-state index contributed by atoms with van der Waals surface area (Å²) >= 11 is 1.55. The van der Waals surface area contributed by atoms with Crippen LogP contribution < -0.4 is 10.1 Å². The van der Waals surface area contributed by atoms with Crippen LogP contribution in [0.3, 0.4) is 0 Å². The lowest BCUT2D eigenvalue weighted by atomic mass is 10.2. The van der Waals surface area contributed by atoms with Gasteiger partial charge in [-0.3, -0.25) is 4.79 Å². The number of carbonyl (C=O) groups excluding carboxylic acids is 1. The van der Waals surface area contributed by atoms with Gasteiger partial charge in [-0.2, -0.15) is 0 Å². The second-order valence-electron chi connectivity index (χ2n) is 5.45. The number of nitrogens with zero attached hydrogens (tertiary/aromatic N) is 2. The summed E-state index contributed by atoms with van der Waals surface area (Å²) in [4.78, 5) is 17.1. The molecule has 6 heteroatoms. The third-order valence-electron chi connectivity index (χ3n) is 3.81. The molecule has 0 atom stereocenters. The molecule has 2 heterocycles. The van der Waals surface area contributed by atoms with Crippen molar-refractivity contribution in [1.82, 2.24) is 9.55 Å². The maximum Gasteiger partial charge on any atom is 0.255 e. The van der Waals surface area contributed by atoms with Gasteiger partial charge in [0.1, 0.15) is 5.75 Å². The smallest absolute Gasteiger partial charge is 0.255 e. The Bertz CT molecular complexity index is 1020. The number of aromatic nitrogens is 2. The maximum absolute atomic E-state index is 12.5. The molecule has 1 amide bonds. The number of hydrogen-bond acceptors (Lipinski definition) is 4. The number of anilines is 1. The SMILES string of the molecule is COc1ccc(NC(=O)c2ccc3nc(-n4cccc4)sc3c2)cc1. The lowest BCUT2D eigenvalue weighted by Crippen LogP contribution is -2.11. The fraction of sp³-hybridized carbons (Fsp3) is 0.0526. The first-order valence-corrected chi connectivity index (χ1v) is 8.54. The first-order valence-electron chi connectivity index (χ1n) is 7.72. The highest BCUT2D eigenvalue weighted by atomic mass is 32.1. The minimum atomic E-state index is -0.150. The van der Waals surface area contributed by atoms with Crippen LogP contribution in [0.25, 0.3) is 15.3 Å². The van der Waals surface area contributed by atoms with Gasteiger partial charge in [-0.25, -0.2) is 4.98 Å². The number of nitrogens with one attached hydrogen (secondary N) is 1. The number of benzene rings is 2. The van der Waals surface area contributed by atoms with Crippen LogP contribution in [0.4, 0.5) is 5.69 Å². The van der Waals surface area contributed by atoms with Crippen molar-refractivity contribution in [3.05, 3.63) is 72.6 Å². The second-order valence-corrected chi connectivity index (χ2v) is 6.46. The number of thiazole rings is 1. The number of ether oxygens (including phenoxy) is 1. The van der Waals surface area contributed by atoms with Crippen LogP contribution >= 0.6 is 11.3 Å². The van der Waals surface area contributed by atoms with Crippen molar-refractivity contribution in [2.75, 3.05) is 12.4 Å². The average Bonchev–Trinajstić information content (AvgIpc) is 3.31. The predicted molar refractivity (Wildman–Crippen MR) is 99.9 cm³/mol. The summed E-state index contributed by atoms with van der Waals surface area (Å²) in [6, 6.07) is 16.7. The van der Waals surface area contributed by atoms with E-state index in [0.717, 1.165) is 26.8 Å². The Kier molecular flexibility index (Phi) is 3.95. The van der Waals surface area contributed by atoms with E-state index in [1.807, 2.05) is 65.5 Å². The highest BCUT2D eigenvalue weighted by Crippen LogP contribution is 2.26. The zero-order chi connectivity index (χ0) is 17.2. The van der Waals surface area contributed by atoms with Crippen molar-refractivity contribution in [2.45, 2.75) is 0 Å². The van der Waals surface area contributed by atoms with E-state index in [0.29, 0.717) is 5.56 Å². The second kappa shape index (κ2) is 6.41. The third kappa shape index (κ3) is 3.12. The third-order valence-corrected chi connectivity index (χ3v) is 4.84.